The van der Waals surface area contributed by atoms with Crippen LogP contribution in [0.2, 0.25) is 0 Å². The molecule has 0 unspecified atom stereocenters. The Balaban J connectivity index is 1.34. The van der Waals surface area contributed by atoms with E-state index in [1.165, 1.54) is 6.39 Å². The molecule has 28 heavy (non-hydrogen) atoms. The number of pyridine rings is 1. The van der Waals surface area contributed by atoms with Gasteiger partial charge >= 0.3 is 6.03 Å². The predicted molar refractivity (Wildman–Crippen MR) is 103 cm³/mol. The Morgan fingerprint density at radius 2 is 2.07 bits per heavy atom. The minimum absolute atomic E-state index is 0.299. The summed E-state index contributed by atoms with van der Waals surface area (Å²) in [7, 11) is 0. The van der Waals surface area contributed by atoms with Gasteiger partial charge in [-0.05, 0) is 35.9 Å². The molecule has 9 nitrogen and oxygen atoms in total. The van der Waals surface area contributed by atoms with E-state index in [4.69, 9.17) is 9.15 Å². The van der Waals surface area contributed by atoms with Gasteiger partial charge in [0, 0.05) is 37.1 Å². The summed E-state index contributed by atoms with van der Waals surface area (Å²) in [6.45, 7) is 3.45. The zero-order valence-electron chi connectivity index (χ0n) is 15.2. The second-order valence-electron chi connectivity index (χ2n) is 6.25. The van der Waals surface area contributed by atoms with Gasteiger partial charge in [-0.1, -0.05) is 6.07 Å². The molecule has 2 aromatic heterocycles. The van der Waals surface area contributed by atoms with Crippen LogP contribution in [0.25, 0.3) is 11.5 Å². The van der Waals surface area contributed by atoms with Crippen molar-refractivity contribution in [1.82, 2.24) is 20.5 Å². The first-order chi connectivity index (χ1) is 13.8. The van der Waals surface area contributed by atoms with Crippen molar-refractivity contribution in [3.05, 3.63) is 54.6 Å². The molecule has 0 radical (unpaired) electrons. The standard InChI is InChI=1S/C19H20N6O3/c26-19(23-16-3-1-2-15(11-16)18-24-22-13-28-18)21-12-14-4-5-20-17(10-14)25-6-8-27-9-7-25/h1-5,10-11,13H,6-9,12H2,(H2,21,23,26). The van der Waals surface area contributed by atoms with Gasteiger partial charge in [0.25, 0.3) is 0 Å². The number of rotatable bonds is 5. The van der Waals surface area contributed by atoms with E-state index in [2.05, 4.69) is 30.7 Å². The molecule has 1 saturated heterocycles. The smallest absolute Gasteiger partial charge is 0.319 e. The van der Waals surface area contributed by atoms with Crippen LogP contribution in [-0.2, 0) is 11.3 Å². The average Bonchev–Trinajstić information content (AvgIpc) is 3.28. The van der Waals surface area contributed by atoms with Gasteiger partial charge in [0.2, 0.25) is 12.3 Å². The van der Waals surface area contributed by atoms with Crippen LogP contribution in [-0.4, -0.2) is 47.5 Å². The number of aromatic nitrogens is 3. The second kappa shape index (κ2) is 8.49. The third-order valence-corrected chi connectivity index (χ3v) is 4.33. The van der Waals surface area contributed by atoms with E-state index in [-0.39, 0.29) is 6.03 Å². The maximum atomic E-state index is 12.3. The van der Waals surface area contributed by atoms with Crippen molar-refractivity contribution >= 4 is 17.5 Å². The number of morpholine rings is 1. The van der Waals surface area contributed by atoms with Gasteiger partial charge < -0.3 is 24.7 Å². The molecule has 1 aliphatic rings. The number of urea groups is 1. The minimum Gasteiger partial charge on any atom is -0.423 e. The van der Waals surface area contributed by atoms with E-state index in [1.54, 1.807) is 18.3 Å². The average molecular weight is 380 g/mol. The van der Waals surface area contributed by atoms with Crippen LogP contribution in [0.4, 0.5) is 16.3 Å². The van der Waals surface area contributed by atoms with Gasteiger partial charge in [-0.15, -0.1) is 10.2 Å². The van der Waals surface area contributed by atoms with Crippen LogP contribution in [0.1, 0.15) is 5.56 Å². The van der Waals surface area contributed by atoms with Crippen molar-refractivity contribution in [2.45, 2.75) is 6.54 Å². The topological polar surface area (TPSA) is 105 Å². The first-order valence-corrected chi connectivity index (χ1v) is 8.97. The van der Waals surface area contributed by atoms with E-state index < -0.39 is 0 Å². The monoisotopic (exact) mass is 380 g/mol. The zero-order valence-corrected chi connectivity index (χ0v) is 15.2. The molecule has 1 aromatic carbocycles. The molecule has 0 atom stereocenters. The number of amides is 2. The van der Waals surface area contributed by atoms with Gasteiger partial charge in [0.05, 0.1) is 13.2 Å². The minimum atomic E-state index is -0.299. The number of benzene rings is 1. The number of nitrogens with zero attached hydrogens (tertiary/aromatic N) is 4. The quantitative estimate of drug-likeness (QED) is 0.699. The molecule has 1 aliphatic heterocycles. The molecular weight excluding hydrogens is 360 g/mol. The summed E-state index contributed by atoms with van der Waals surface area (Å²) < 4.78 is 10.5. The fourth-order valence-electron chi connectivity index (χ4n) is 2.92. The molecule has 0 aliphatic carbocycles. The van der Waals surface area contributed by atoms with E-state index in [1.807, 2.05) is 24.3 Å². The number of hydrogen-bond donors (Lipinski definition) is 2. The van der Waals surface area contributed by atoms with Crippen molar-refractivity contribution < 1.29 is 13.9 Å². The van der Waals surface area contributed by atoms with Crippen LogP contribution in [0.5, 0.6) is 0 Å². The van der Waals surface area contributed by atoms with Crippen molar-refractivity contribution in [3.63, 3.8) is 0 Å². The molecule has 9 heteroatoms. The largest absolute Gasteiger partial charge is 0.423 e. The van der Waals surface area contributed by atoms with Crippen LogP contribution in [0, 0.1) is 0 Å². The van der Waals surface area contributed by atoms with Crippen LogP contribution in [0.15, 0.2) is 53.4 Å². The lowest BCUT2D eigenvalue weighted by Gasteiger charge is -2.28. The third kappa shape index (κ3) is 4.44. The van der Waals surface area contributed by atoms with Crippen LogP contribution in [0.3, 0.4) is 0 Å². The molecule has 4 rings (SSSR count). The highest BCUT2D eigenvalue weighted by Gasteiger charge is 2.13. The normalized spacial score (nSPS) is 13.9. The lowest BCUT2D eigenvalue weighted by Crippen LogP contribution is -2.36. The van der Waals surface area contributed by atoms with E-state index in [0.717, 1.165) is 30.0 Å². The lowest BCUT2D eigenvalue weighted by atomic mass is 10.2. The van der Waals surface area contributed by atoms with Gasteiger partial charge in [-0.25, -0.2) is 9.78 Å². The Labute approximate surface area is 161 Å². The maximum Gasteiger partial charge on any atom is 0.319 e. The number of ether oxygens (including phenoxy) is 1. The molecule has 0 bridgehead atoms. The van der Waals surface area contributed by atoms with E-state index in [9.17, 15) is 4.79 Å². The highest BCUT2D eigenvalue weighted by atomic mass is 16.5. The molecule has 3 aromatic rings. The van der Waals surface area contributed by atoms with Gasteiger partial charge in [-0.2, -0.15) is 0 Å². The second-order valence-corrected chi connectivity index (χ2v) is 6.25. The van der Waals surface area contributed by atoms with Crippen molar-refractivity contribution in [1.29, 1.82) is 0 Å². The summed E-state index contributed by atoms with van der Waals surface area (Å²) in [6.07, 6.45) is 3.02. The molecule has 2 N–H and O–H groups in total. The molecule has 0 saturated carbocycles. The SMILES string of the molecule is O=C(NCc1ccnc(N2CCOCC2)c1)Nc1cccc(-c2nnco2)c1. The number of nitrogens with one attached hydrogen (secondary N) is 2. The lowest BCUT2D eigenvalue weighted by molar-refractivity contribution is 0.122. The molecule has 144 valence electrons. The highest BCUT2D eigenvalue weighted by molar-refractivity contribution is 5.89. The number of carbonyl (C=O) groups is 1. The fraction of sp³-hybridized carbons (Fsp3) is 0.263. The van der Waals surface area contributed by atoms with E-state index >= 15 is 0 Å². The van der Waals surface area contributed by atoms with E-state index in [0.29, 0.717) is 31.3 Å². The summed E-state index contributed by atoms with van der Waals surface area (Å²) in [5.41, 5.74) is 2.35. The van der Waals surface area contributed by atoms with Gasteiger partial charge in [-0.3, -0.25) is 0 Å². The molecule has 3 heterocycles. The van der Waals surface area contributed by atoms with Gasteiger partial charge in [0.1, 0.15) is 5.82 Å². The molecular formula is C19H20N6O3. The Bertz CT molecular complexity index is 925. The molecule has 2 amide bonds. The first kappa shape index (κ1) is 17.9. The molecule has 1 fully saturated rings. The van der Waals surface area contributed by atoms with Gasteiger partial charge in [0.15, 0.2) is 0 Å². The van der Waals surface area contributed by atoms with Crippen molar-refractivity contribution in [2.75, 3.05) is 36.5 Å². The summed E-state index contributed by atoms with van der Waals surface area (Å²) in [5.74, 6) is 1.30. The highest BCUT2D eigenvalue weighted by Crippen LogP contribution is 2.20. The maximum absolute atomic E-state index is 12.3. The third-order valence-electron chi connectivity index (χ3n) is 4.33. The summed E-state index contributed by atoms with van der Waals surface area (Å²) in [4.78, 5) is 18.8. The number of hydrogen-bond acceptors (Lipinski definition) is 7. The fourth-order valence-corrected chi connectivity index (χ4v) is 2.92. The van der Waals surface area contributed by atoms with Crippen molar-refractivity contribution in [2.24, 2.45) is 0 Å². The molecule has 0 spiro atoms. The summed E-state index contributed by atoms with van der Waals surface area (Å²) in [6, 6.07) is 10.8. The summed E-state index contributed by atoms with van der Waals surface area (Å²) >= 11 is 0. The zero-order chi connectivity index (χ0) is 19.2. The predicted octanol–water partition coefficient (Wildman–Crippen LogP) is 2.29. The Hall–Kier alpha value is -3.46. The number of anilines is 2. The van der Waals surface area contributed by atoms with Crippen LogP contribution >= 0.6 is 0 Å². The Morgan fingerprint density at radius 1 is 1.18 bits per heavy atom. The van der Waals surface area contributed by atoms with Crippen LogP contribution < -0.4 is 15.5 Å². The Kier molecular flexibility index (Phi) is 5.43. The Morgan fingerprint density at radius 3 is 2.89 bits per heavy atom. The van der Waals surface area contributed by atoms with Crippen molar-refractivity contribution in [3.8, 4) is 11.5 Å². The first-order valence-electron chi connectivity index (χ1n) is 8.97. The number of carbonyl (C=O) groups excluding carboxylic acids is 1. The summed E-state index contributed by atoms with van der Waals surface area (Å²) in [5, 5.41) is 13.2.